The molecule has 0 aromatic carbocycles. The molecule has 0 aliphatic rings. The zero-order valence-corrected chi connectivity index (χ0v) is 10.8. The molecule has 20 heavy (non-hydrogen) atoms. The fraction of sp³-hybridized carbons (Fsp3) is 0.333. The fourth-order valence-corrected chi connectivity index (χ4v) is 0.801. The third-order valence-corrected chi connectivity index (χ3v) is 1.81. The minimum absolute atomic E-state index is 0.252. The second-order valence-corrected chi connectivity index (χ2v) is 3.40. The standard InChI is InChI=1S/C12H14O8/c1-4-9(13)18-6-5-10(14)19-8(3)12(17)20-7(2)11(15)16/h4,7H,1,3,5-6H2,2H3,(H,15,16). The van der Waals surface area contributed by atoms with Gasteiger partial charge in [-0.05, 0) is 13.5 Å². The molecule has 0 aliphatic heterocycles. The molecule has 8 heteroatoms. The van der Waals surface area contributed by atoms with Gasteiger partial charge in [0.15, 0.2) is 6.10 Å². The lowest BCUT2D eigenvalue weighted by Gasteiger charge is -2.10. The first-order valence-electron chi connectivity index (χ1n) is 5.40. The van der Waals surface area contributed by atoms with Crippen LogP contribution in [0.15, 0.2) is 25.0 Å². The van der Waals surface area contributed by atoms with Gasteiger partial charge in [0.1, 0.15) is 6.61 Å². The van der Waals surface area contributed by atoms with Gasteiger partial charge in [0.2, 0.25) is 5.76 Å². The summed E-state index contributed by atoms with van der Waals surface area (Å²) in [4.78, 5) is 43.6. The average Bonchev–Trinajstić information content (AvgIpc) is 2.37. The van der Waals surface area contributed by atoms with E-state index in [0.29, 0.717) is 0 Å². The number of rotatable bonds is 8. The van der Waals surface area contributed by atoms with Crippen LogP contribution in [0.25, 0.3) is 0 Å². The van der Waals surface area contributed by atoms with Gasteiger partial charge in [0, 0.05) is 6.08 Å². The fourth-order valence-electron chi connectivity index (χ4n) is 0.801. The van der Waals surface area contributed by atoms with Crippen LogP contribution in [0, 0.1) is 0 Å². The number of hydrogen-bond acceptors (Lipinski definition) is 7. The van der Waals surface area contributed by atoms with E-state index < -0.39 is 35.7 Å². The van der Waals surface area contributed by atoms with E-state index in [4.69, 9.17) is 5.11 Å². The Labute approximate surface area is 114 Å². The Morgan fingerprint density at radius 1 is 1.30 bits per heavy atom. The van der Waals surface area contributed by atoms with Crippen molar-refractivity contribution >= 4 is 23.9 Å². The number of carboxylic acids is 1. The third kappa shape index (κ3) is 6.94. The van der Waals surface area contributed by atoms with Gasteiger partial charge in [-0.25, -0.2) is 14.4 Å². The molecule has 0 spiro atoms. The van der Waals surface area contributed by atoms with Crippen molar-refractivity contribution in [1.82, 2.24) is 0 Å². The molecule has 0 saturated heterocycles. The Bertz CT molecular complexity index is 437. The smallest absolute Gasteiger partial charge is 0.374 e. The van der Waals surface area contributed by atoms with Crippen molar-refractivity contribution in [2.75, 3.05) is 6.61 Å². The molecule has 0 radical (unpaired) electrons. The number of esters is 3. The molecule has 0 aromatic rings. The van der Waals surface area contributed by atoms with Crippen LogP contribution < -0.4 is 0 Å². The maximum absolute atomic E-state index is 11.3. The first-order valence-corrected chi connectivity index (χ1v) is 5.40. The summed E-state index contributed by atoms with van der Waals surface area (Å²) in [5.41, 5.74) is 0. The largest absolute Gasteiger partial charge is 0.479 e. The number of aliphatic carboxylic acids is 1. The van der Waals surface area contributed by atoms with Gasteiger partial charge < -0.3 is 19.3 Å². The first-order chi connectivity index (χ1) is 9.27. The van der Waals surface area contributed by atoms with Gasteiger partial charge >= 0.3 is 23.9 Å². The van der Waals surface area contributed by atoms with E-state index in [9.17, 15) is 19.2 Å². The van der Waals surface area contributed by atoms with Crippen molar-refractivity contribution in [3.63, 3.8) is 0 Å². The normalized spacial score (nSPS) is 10.8. The molecule has 1 unspecified atom stereocenters. The summed E-state index contributed by atoms with van der Waals surface area (Å²) in [7, 11) is 0. The van der Waals surface area contributed by atoms with Crippen molar-refractivity contribution in [2.24, 2.45) is 0 Å². The zero-order valence-electron chi connectivity index (χ0n) is 10.8. The van der Waals surface area contributed by atoms with Crippen molar-refractivity contribution in [1.29, 1.82) is 0 Å². The van der Waals surface area contributed by atoms with Crippen molar-refractivity contribution < 1.29 is 38.5 Å². The van der Waals surface area contributed by atoms with Crippen LogP contribution >= 0.6 is 0 Å². The highest BCUT2D eigenvalue weighted by atomic mass is 16.6. The summed E-state index contributed by atoms with van der Waals surface area (Å²) < 4.78 is 13.4. The van der Waals surface area contributed by atoms with Crippen LogP contribution in [-0.4, -0.2) is 41.7 Å². The lowest BCUT2D eigenvalue weighted by Crippen LogP contribution is -2.25. The summed E-state index contributed by atoms with van der Waals surface area (Å²) in [5, 5.41) is 8.51. The first kappa shape index (κ1) is 17.4. The second-order valence-electron chi connectivity index (χ2n) is 3.40. The molecule has 0 fully saturated rings. The van der Waals surface area contributed by atoms with Gasteiger partial charge in [-0.2, -0.15) is 0 Å². The van der Waals surface area contributed by atoms with E-state index in [1.165, 1.54) is 0 Å². The molecule has 1 N–H and O–H groups in total. The van der Waals surface area contributed by atoms with Gasteiger partial charge in [-0.15, -0.1) is 0 Å². The van der Waals surface area contributed by atoms with Gasteiger partial charge in [0.25, 0.3) is 0 Å². The highest BCUT2D eigenvalue weighted by molar-refractivity contribution is 5.90. The predicted octanol–water partition coefficient (Wildman–Crippen LogP) is 0.179. The molecule has 0 aliphatic carbocycles. The Morgan fingerprint density at radius 3 is 2.40 bits per heavy atom. The number of ether oxygens (including phenoxy) is 3. The number of carbonyl (C=O) groups is 4. The lowest BCUT2D eigenvalue weighted by molar-refractivity contribution is -0.164. The topological polar surface area (TPSA) is 116 Å². The summed E-state index contributed by atoms with van der Waals surface area (Å²) in [5.74, 6) is -4.76. The van der Waals surface area contributed by atoms with E-state index >= 15 is 0 Å². The zero-order chi connectivity index (χ0) is 15.7. The maximum Gasteiger partial charge on any atom is 0.374 e. The summed E-state index contributed by atoms with van der Waals surface area (Å²) >= 11 is 0. The van der Waals surface area contributed by atoms with Crippen LogP contribution in [0.3, 0.4) is 0 Å². The van der Waals surface area contributed by atoms with Gasteiger partial charge in [-0.3, -0.25) is 4.79 Å². The second kappa shape index (κ2) is 8.46. The van der Waals surface area contributed by atoms with Crippen molar-refractivity contribution in [2.45, 2.75) is 19.4 Å². The molecule has 0 amide bonds. The van der Waals surface area contributed by atoms with Crippen LogP contribution in [0.4, 0.5) is 0 Å². The van der Waals surface area contributed by atoms with Crippen molar-refractivity contribution in [3.05, 3.63) is 25.0 Å². The minimum atomic E-state index is -1.40. The summed E-state index contributed by atoms with van der Waals surface area (Å²) in [6.07, 6.45) is -0.776. The molecule has 0 bridgehead atoms. The third-order valence-electron chi connectivity index (χ3n) is 1.81. The molecule has 110 valence electrons. The van der Waals surface area contributed by atoms with Crippen LogP contribution in [0.1, 0.15) is 13.3 Å². The monoisotopic (exact) mass is 286 g/mol. The Kier molecular flexibility index (Phi) is 7.34. The number of hydrogen-bond donors (Lipinski definition) is 1. The van der Waals surface area contributed by atoms with Gasteiger partial charge in [0.05, 0.1) is 6.42 Å². The molecule has 1 atom stereocenters. The molecule has 0 heterocycles. The molecule has 0 saturated carbocycles. The van der Waals surface area contributed by atoms with Crippen LogP contribution in [-0.2, 0) is 33.4 Å². The summed E-state index contributed by atoms with van der Waals surface area (Å²) in [6, 6.07) is 0. The van der Waals surface area contributed by atoms with E-state index in [0.717, 1.165) is 13.0 Å². The molecule has 0 aromatic heterocycles. The van der Waals surface area contributed by atoms with E-state index in [2.05, 4.69) is 27.4 Å². The van der Waals surface area contributed by atoms with E-state index in [-0.39, 0.29) is 13.0 Å². The Balaban J connectivity index is 4.09. The minimum Gasteiger partial charge on any atom is -0.479 e. The molecule has 0 rings (SSSR count). The predicted molar refractivity (Wildman–Crippen MR) is 64.2 cm³/mol. The van der Waals surface area contributed by atoms with E-state index in [1.54, 1.807) is 0 Å². The van der Waals surface area contributed by atoms with E-state index in [1.807, 2.05) is 0 Å². The van der Waals surface area contributed by atoms with Crippen molar-refractivity contribution in [3.8, 4) is 0 Å². The summed E-state index contributed by atoms with van der Waals surface area (Å²) in [6.45, 7) is 7.17. The molecule has 8 nitrogen and oxygen atoms in total. The molecular formula is C12H14O8. The van der Waals surface area contributed by atoms with Gasteiger partial charge in [-0.1, -0.05) is 6.58 Å². The average molecular weight is 286 g/mol. The highest BCUT2D eigenvalue weighted by Crippen LogP contribution is 2.03. The number of carbonyl (C=O) groups excluding carboxylic acids is 3. The quantitative estimate of drug-likeness (QED) is 0.290. The Morgan fingerprint density at radius 2 is 1.90 bits per heavy atom. The Hall–Kier alpha value is -2.64. The van der Waals surface area contributed by atoms with Crippen LogP contribution in [0.5, 0.6) is 0 Å². The lowest BCUT2D eigenvalue weighted by atomic mass is 10.4. The van der Waals surface area contributed by atoms with Crippen LogP contribution in [0.2, 0.25) is 0 Å². The molecular weight excluding hydrogens is 272 g/mol. The highest BCUT2D eigenvalue weighted by Gasteiger charge is 2.21. The number of carboxylic acid groups (broad SMARTS) is 1. The maximum atomic E-state index is 11.3. The SMILES string of the molecule is C=CC(=O)OCCC(=O)OC(=C)C(=O)OC(C)C(=O)O.